The highest BCUT2D eigenvalue weighted by Gasteiger charge is 2.33. The molecular formula is C28H26F3N5O3. The molecular weight excluding hydrogens is 511 g/mol. The molecule has 0 radical (unpaired) electrons. The molecule has 202 valence electrons. The zero-order valence-corrected chi connectivity index (χ0v) is 21.6. The maximum Gasteiger partial charge on any atom is 0.433 e. The molecule has 8 nitrogen and oxygen atoms in total. The Hall–Kier alpha value is -4.80. The van der Waals surface area contributed by atoms with E-state index in [-0.39, 0.29) is 17.2 Å². The average molecular weight is 538 g/mol. The predicted molar refractivity (Wildman–Crippen MR) is 142 cm³/mol. The smallest absolute Gasteiger partial charge is 0.377 e. The van der Waals surface area contributed by atoms with Crippen molar-refractivity contribution in [2.24, 2.45) is 0 Å². The molecule has 2 heterocycles. The highest BCUT2D eigenvalue weighted by molar-refractivity contribution is 6.04. The number of amides is 2. The van der Waals surface area contributed by atoms with Gasteiger partial charge >= 0.3 is 6.18 Å². The van der Waals surface area contributed by atoms with Crippen LogP contribution in [0.15, 0.2) is 67.0 Å². The SMILES string of the molecule is CNC(=O)c1cc(/C(=C/C(=C\C=O)c2cc(NC(=O)c3ccnc(C(F)(F)F)c3)ccc2C)N(C)C)ccn1. The third kappa shape index (κ3) is 7.16. The number of rotatable bonds is 8. The number of hydrogen-bond donors (Lipinski definition) is 2. The number of pyridine rings is 2. The zero-order chi connectivity index (χ0) is 28.7. The number of allylic oxidation sites excluding steroid dienone is 3. The summed E-state index contributed by atoms with van der Waals surface area (Å²) in [4.78, 5) is 45.6. The Morgan fingerprint density at radius 3 is 2.28 bits per heavy atom. The van der Waals surface area contributed by atoms with Crippen LogP contribution in [0, 0.1) is 6.92 Å². The quantitative estimate of drug-likeness (QED) is 0.247. The monoisotopic (exact) mass is 537 g/mol. The predicted octanol–water partition coefficient (Wildman–Crippen LogP) is 4.60. The van der Waals surface area contributed by atoms with Crippen LogP contribution < -0.4 is 10.6 Å². The van der Waals surface area contributed by atoms with Crippen molar-refractivity contribution in [3.63, 3.8) is 0 Å². The number of carbonyl (C=O) groups excluding carboxylic acids is 3. The zero-order valence-electron chi connectivity index (χ0n) is 21.6. The van der Waals surface area contributed by atoms with Crippen molar-refractivity contribution in [2.45, 2.75) is 13.1 Å². The molecule has 2 amide bonds. The van der Waals surface area contributed by atoms with Crippen LogP contribution in [0.2, 0.25) is 0 Å². The molecule has 3 rings (SSSR count). The number of nitrogens with one attached hydrogen (secondary N) is 2. The second-order valence-electron chi connectivity index (χ2n) is 8.60. The Kier molecular flexibility index (Phi) is 8.97. The summed E-state index contributed by atoms with van der Waals surface area (Å²) in [6.07, 6.45) is 1.48. The van der Waals surface area contributed by atoms with E-state index in [0.717, 1.165) is 11.8 Å². The van der Waals surface area contributed by atoms with Gasteiger partial charge in [0, 0.05) is 56.0 Å². The summed E-state index contributed by atoms with van der Waals surface area (Å²) in [6, 6.07) is 10.2. The van der Waals surface area contributed by atoms with Crippen molar-refractivity contribution in [3.8, 4) is 0 Å². The maximum atomic E-state index is 13.0. The summed E-state index contributed by atoms with van der Waals surface area (Å²) in [6.45, 7) is 1.82. The number of nitrogens with zero attached hydrogens (tertiary/aromatic N) is 3. The summed E-state index contributed by atoms with van der Waals surface area (Å²) in [5.41, 5.74) is 2.37. The molecule has 0 fully saturated rings. The lowest BCUT2D eigenvalue weighted by molar-refractivity contribution is -0.141. The van der Waals surface area contributed by atoms with Crippen LogP contribution in [-0.4, -0.2) is 54.1 Å². The van der Waals surface area contributed by atoms with E-state index in [1.807, 2.05) is 11.8 Å². The Morgan fingerprint density at radius 1 is 0.949 bits per heavy atom. The van der Waals surface area contributed by atoms with Gasteiger partial charge in [-0.1, -0.05) is 6.07 Å². The van der Waals surface area contributed by atoms with Crippen LogP contribution in [0.25, 0.3) is 11.3 Å². The molecule has 0 atom stereocenters. The molecule has 3 aromatic rings. The number of aromatic nitrogens is 2. The maximum absolute atomic E-state index is 13.0. The van der Waals surface area contributed by atoms with Crippen molar-refractivity contribution in [2.75, 3.05) is 26.5 Å². The summed E-state index contributed by atoms with van der Waals surface area (Å²) >= 11 is 0. The molecule has 0 bridgehead atoms. The molecule has 0 aliphatic heterocycles. The number of alkyl halides is 3. The minimum Gasteiger partial charge on any atom is -0.377 e. The van der Waals surface area contributed by atoms with Gasteiger partial charge < -0.3 is 15.5 Å². The molecule has 39 heavy (non-hydrogen) atoms. The minimum atomic E-state index is -4.69. The lowest BCUT2D eigenvalue weighted by Crippen LogP contribution is -2.19. The number of carbonyl (C=O) groups is 3. The van der Waals surface area contributed by atoms with Crippen molar-refractivity contribution in [1.29, 1.82) is 0 Å². The van der Waals surface area contributed by atoms with E-state index in [1.54, 1.807) is 50.5 Å². The molecule has 2 aromatic heterocycles. The number of aryl methyl sites for hydroxylation is 1. The Morgan fingerprint density at radius 2 is 1.64 bits per heavy atom. The number of hydrogen-bond acceptors (Lipinski definition) is 6. The summed E-state index contributed by atoms with van der Waals surface area (Å²) in [5.74, 6) is -1.10. The van der Waals surface area contributed by atoms with Crippen molar-refractivity contribution in [3.05, 3.63) is 101 Å². The van der Waals surface area contributed by atoms with Crippen LogP contribution in [0.3, 0.4) is 0 Å². The van der Waals surface area contributed by atoms with E-state index in [0.29, 0.717) is 40.4 Å². The summed E-state index contributed by atoms with van der Waals surface area (Å²) in [5, 5.41) is 5.13. The van der Waals surface area contributed by atoms with Gasteiger partial charge in [-0.2, -0.15) is 13.2 Å². The second kappa shape index (κ2) is 12.2. The normalized spacial score (nSPS) is 12.1. The van der Waals surface area contributed by atoms with Gasteiger partial charge in [-0.3, -0.25) is 24.4 Å². The Labute approximate surface area is 223 Å². The number of anilines is 1. The highest BCUT2D eigenvalue weighted by atomic mass is 19.4. The van der Waals surface area contributed by atoms with Gasteiger partial charge in [-0.15, -0.1) is 0 Å². The summed E-state index contributed by atoms with van der Waals surface area (Å²) in [7, 11) is 5.11. The van der Waals surface area contributed by atoms with Crippen molar-refractivity contribution < 1.29 is 27.6 Å². The molecule has 0 aliphatic carbocycles. The van der Waals surface area contributed by atoms with E-state index in [9.17, 15) is 27.6 Å². The molecule has 0 unspecified atom stereocenters. The van der Waals surface area contributed by atoms with Crippen LogP contribution >= 0.6 is 0 Å². The van der Waals surface area contributed by atoms with Crippen LogP contribution in [0.5, 0.6) is 0 Å². The number of benzene rings is 1. The van der Waals surface area contributed by atoms with Gasteiger partial charge in [-0.25, -0.2) is 0 Å². The Bertz CT molecular complexity index is 1460. The van der Waals surface area contributed by atoms with Gasteiger partial charge in [0.15, 0.2) is 0 Å². The first kappa shape index (κ1) is 28.8. The van der Waals surface area contributed by atoms with Crippen molar-refractivity contribution in [1.82, 2.24) is 20.2 Å². The van der Waals surface area contributed by atoms with Crippen LogP contribution in [0.1, 0.15) is 43.2 Å². The first-order valence-corrected chi connectivity index (χ1v) is 11.6. The third-order valence-electron chi connectivity index (χ3n) is 5.66. The van der Waals surface area contributed by atoms with Gasteiger partial charge in [-0.05, 0) is 72.2 Å². The van der Waals surface area contributed by atoms with E-state index >= 15 is 0 Å². The van der Waals surface area contributed by atoms with E-state index in [2.05, 4.69) is 20.6 Å². The molecule has 11 heteroatoms. The first-order valence-electron chi connectivity index (χ1n) is 11.6. The van der Waals surface area contributed by atoms with Gasteiger partial charge in [0.1, 0.15) is 17.7 Å². The Balaban J connectivity index is 2.01. The fourth-order valence-electron chi connectivity index (χ4n) is 3.69. The van der Waals surface area contributed by atoms with Gasteiger partial charge in [0.25, 0.3) is 11.8 Å². The lowest BCUT2D eigenvalue weighted by Gasteiger charge is -2.20. The number of halogens is 3. The third-order valence-corrected chi connectivity index (χ3v) is 5.66. The molecule has 2 N–H and O–H groups in total. The minimum absolute atomic E-state index is 0.206. The van der Waals surface area contributed by atoms with Gasteiger partial charge in [0.05, 0.1) is 0 Å². The van der Waals surface area contributed by atoms with E-state index in [1.165, 1.54) is 25.4 Å². The lowest BCUT2D eigenvalue weighted by atomic mass is 9.97. The molecule has 0 saturated carbocycles. The fraction of sp³-hybridized carbons (Fsp3) is 0.179. The highest BCUT2D eigenvalue weighted by Crippen LogP contribution is 2.30. The first-order chi connectivity index (χ1) is 18.4. The van der Waals surface area contributed by atoms with Crippen LogP contribution in [0.4, 0.5) is 18.9 Å². The molecule has 0 saturated heterocycles. The standard InChI is InChI=1S/C28H26F3N5O3/c1-17-5-6-21(35-26(38)20-8-11-34-25(15-20)28(29,30)31)16-22(17)18(9-12-37)14-24(36(3)4)19-7-10-33-23(13-19)27(39)32-2/h5-16H,1-4H3,(H,32,39)(H,35,38)/b18-9+,24-14-. The molecule has 1 aromatic carbocycles. The fourth-order valence-corrected chi connectivity index (χ4v) is 3.69. The molecule has 0 spiro atoms. The van der Waals surface area contributed by atoms with Crippen LogP contribution in [-0.2, 0) is 11.0 Å². The van der Waals surface area contributed by atoms with E-state index in [4.69, 9.17) is 0 Å². The number of aldehydes is 1. The molecule has 0 aliphatic rings. The van der Waals surface area contributed by atoms with Gasteiger partial charge in [0.2, 0.25) is 0 Å². The van der Waals surface area contributed by atoms with E-state index < -0.39 is 17.8 Å². The van der Waals surface area contributed by atoms with Crippen molar-refractivity contribution >= 4 is 35.1 Å². The second-order valence-corrected chi connectivity index (χ2v) is 8.60. The largest absolute Gasteiger partial charge is 0.433 e. The topological polar surface area (TPSA) is 104 Å². The average Bonchev–Trinajstić information content (AvgIpc) is 2.91. The summed E-state index contributed by atoms with van der Waals surface area (Å²) < 4.78 is 39.1.